The Hall–Kier alpha value is -1.60. The van der Waals surface area contributed by atoms with Crippen LogP contribution in [0.2, 0.25) is 0 Å². The van der Waals surface area contributed by atoms with E-state index in [-0.39, 0.29) is 4.32 Å². The van der Waals surface area contributed by atoms with Gasteiger partial charge in [-0.1, -0.05) is 94.8 Å². The van der Waals surface area contributed by atoms with E-state index >= 15 is 0 Å². The first-order valence-corrected chi connectivity index (χ1v) is 7.26. The maximum Gasteiger partial charge on any atom is 0.0728 e. The smallest absolute Gasteiger partial charge is 0.0728 e. The third kappa shape index (κ3) is 2.57. The molecule has 0 spiro atoms. The van der Waals surface area contributed by atoms with Crippen molar-refractivity contribution < 1.29 is 0 Å². The van der Waals surface area contributed by atoms with Gasteiger partial charge in [-0.05, 0) is 23.1 Å². The highest BCUT2D eigenvalue weighted by Gasteiger charge is 2.27. The van der Waals surface area contributed by atoms with Crippen molar-refractivity contribution >= 4 is 21.5 Å². The molecule has 2 aromatic carbocycles. The molecule has 2 aromatic rings. The van der Waals surface area contributed by atoms with E-state index in [0.717, 1.165) is 6.42 Å². The van der Waals surface area contributed by atoms with Crippen molar-refractivity contribution in [2.75, 3.05) is 0 Å². The second-order valence-electron chi connectivity index (χ2n) is 4.80. The number of halogens is 1. The fourth-order valence-corrected chi connectivity index (χ4v) is 3.14. The van der Waals surface area contributed by atoms with E-state index in [1.165, 1.54) is 16.7 Å². The Morgan fingerprint density at radius 3 is 2.16 bits per heavy atom. The second-order valence-corrected chi connectivity index (χ2v) is 6.22. The summed E-state index contributed by atoms with van der Waals surface area (Å²) >= 11 is 3.91. The average molecular weight is 311 g/mol. The van der Waals surface area contributed by atoms with Crippen molar-refractivity contribution in [1.29, 1.82) is 0 Å². The van der Waals surface area contributed by atoms with Gasteiger partial charge in [-0.2, -0.15) is 0 Å². The van der Waals surface area contributed by atoms with Crippen LogP contribution in [0.1, 0.15) is 17.5 Å². The molecule has 1 aliphatic carbocycles. The number of hydrogen-bond acceptors (Lipinski definition) is 0. The van der Waals surface area contributed by atoms with Crippen molar-refractivity contribution in [2.45, 2.75) is 10.7 Å². The number of benzene rings is 2. The third-order valence-electron chi connectivity index (χ3n) is 3.46. The van der Waals surface area contributed by atoms with Gasteiger partial charge in [0.15, 0.2) is 0 Å². The zero-order chi connectivity index (χ0) is 13.1. The van der Waals surface area contributed by atoms with E-state index in [2.05, 4.69) is 94.8 Å². The molecule has 19 heavy (non-hydrogen) atoms. The second kappa shape index (κ2) is 5.18. The minimum Gasteiger partial charge on any atom is -0.0819 e. The van der Waals surface area contributed by atoms with Gasteiger partial charge in [0.2, 0.25) is 0 Å². The molecule has 0 saturated carbocycles. The molecule has 94 valence electrons. The summed E-state index contributed by atoms with van der Waals surface area (Å²) in [5.74, 6) is 0. The Morgan fingerprint density at radius 1 is 0.842 bits per heavy atom. The summed E-state index contributed by atoms with van der Waals surface area (Å²) in [6.07, 6.45) is 7.74. The summed E-state index contributed by atoms with van der Waals surface area (Å²) in [4.78, 5) is 0. The molecule has 0 saturated heterocycles. The maximum absolute atomic E-state index is 3.91. The van der Waals surface area contributed by atoms with Gasteiger partial charge < -0.3 is 0 Å². The molecule has 1 atom stereocenters. The summed E-state index contributed by atoms with van der Waals surface area (Å²) in [5, 5.41) is 0. The van der Waals surface area contributed by atoms with E-state index in [1.807, 2.05) is 0 Å². The number of hydrogen-bond donors (Lipinski definition) is 0. The molecule has 1 unspecified atom stereocenters. The average Bonchev–Trinajstić information content (AvgIpc) is 2.49. The summed E-state index contributed by atoms with van der Waals surface area (Å²) < 4.78 is -0.0891. The predicted molar refractivity (Wildman–Crippen MR) is 85.2 cm³/mol. The minimum atomic E-state index is -0.0891. The topological polar surface area (TPSA) is 0 Å². The number of rotatable bonds is 2. The van der Waals surface area contributed by atoms with Gasteiger partial charge in [0.1, 0.15) is 0 Å². The molecule has 0 N–H and O–H groups in total. The Balaban J connectivity index is 2.02. The van der Waals surface area contributed by atoms with E-state index in [0.29, 0.717) is 0 Å². The van der Waals surface area contributed by atoms with Gasteiger partial charge in [-0.25, -0.2) is 0 Å². The van der Waals surface area contributed by atoms with Gasteiger partial charge in [0, 0.05) is 0 Å². The molecule has 0 aromatic heterocycles. The lowest BCUT2D eigenvalue weighted by Gasteiger charge is -2.27. The van der Waals surface area contributed by atoms with Gasteiger partial charge >= 0.3 is 0 Å². The lowest BCUT2D eigenvalue weighted by Crippen LogP contribution is -2.16. The van der Waals surface area contributed by atoms with Crippen LogP contribution in [0.25, 0.3) is 5.57 Å². The van der Waals surface area contributed by atoms with E-state index in [4.69, 9.17) is 0 Å². The zero-order valence-corrected chi connectivity index (χ0v) is 12.2. The van der Waals surface area contributed by atoms with Gasteiger partial charge in [0.25, 0.3) is 0 Å². The zero-order valence-electron chi connectivity index (χ0n) is 10.6. The standard InChI is InChI=1S/C18H15Br/c19-18(17-11-5-2-6-12-17)13-7-10-16(14-18)15-8-3-1-4-9-15/h1-12,14H,13H2. The fraction of sp³-hybridized carbons (Fsp3) is 0.111. The first kappa shape index (κ1) is 12.4. The Morgan fingerprint density at radius 2 is 1.47 bits per heavy atom. The predicted octanol–water partition coefficient (Wildman–Crippen LogP) is 5.32. The van der Waals surface area contributed by atoms with E-state index in [9.17, 15) is 0 Å². The molecule has 1 heteroatoms. The van der Waals surface area contributed by atoms with Gasteiger partial charge in [0.05, 0.1) is 4.32 Å². The van der Waals surface area contributed by atoms with Crippen molar-refractivity contribution in [1.82, 2.24) is 0 Å². The molecule has 1 aliphatic rings. The Kier molecular flexibility index (Phi) is 3.39. The van der Waals surface area contributed by atoms with Crippen LogP contribution in [-0.2, 0) is 4.32 Å². The van der Waals surface area contributed by atoms with Crippen LogP contribution in [0.15, 0.2) is 78.9 Å². The third-order valence-corrected chi connectivity index (χ3v) is 4.47. The summed E-state index contributed by atoms with van der Waals surface area (Å²) in [5.41, 5.74) is 3.83. The highest BCUT2D eigenvalue weighted by molar-refractivity contribution is 9.09. The van der Waals surface area contributed by atoms with E-state index in [1.54, 1.807) is 0 Å². The van der Waals surface area contributed by atoms with Crippen LogP contribution in [-0.4, -0.2) is 0 Å². The van der Waals surface area contributed by atoms with Crippen LogP contribution in [0.3, 0.4) is 0 Å². The van der Waals surface area contributed by atoms with Crippen molar-refractivity contribution in [3.05, 3.63) is 90.0 Å². The molecule has 0 aliphatic heterocycles. The van der Waals surface area contributed by atoms with Gasteiger partial charge in [-0.15, -0.1) is 0 Å². The Bertz CT molecular complexity index is 611. The lowest BCUT2D eigenvalue weighted by molar-refractivity contribution is 0.800. The van der Waals surface area contributed by atoms with E-state index < -0.39 is 0 Å². The molecule has 0 radical (unpaired) electrons. The molecule has 0 heterocycles. The lowest BCUT2D eigenvalue weighted by atomic mass is 9.87. The highest BCUT2D eigenvalue weighted by Crippen LogP contribution is 2.42. The maximum atomic E-state index is 3.91. The number of allylic oxidation sites excluding steroid dienone is 4. The minimum absolute atomic E-state index is 0.0891. The quantitative estimate of drug-likeness (QED) is 0.658. The van der Waals surface area contributed by atoms with Crippen LogP contribution < -0.4 is 0 Å². The monoisotopic (exact) mass is 310 g/mol. The number of alkyl halides is 1. The molecule has 3 rings (SSSR count). The molecule has 0 amide bonds. The summed E-state index contributed by atoms with van der Waals surface area (Å²) in [6.45, 7) is 0. The Labute approximate surface area is 122 Å². The first-order chi connectivity index (χ1) is 9.28. The molecule has 0 fully saturated rings. The van der Waals surface area contributed by atoms with Crippen LogP contribution in [0.5, 0.6) is 0 Å². The van der Waals surface area contributed by atoms with Crippen LogP contribution in [0, 0.1) is 0 Å². The normalized spacial score (nSPS) is 22.1. The molecule has 0 nitrogen and oxygen atoms in total. The van der Waals surface area contributed by atoms with Crippen molar-refractivity contribution in [2.24, 2.45) is 0 Å². The largest absolute Gasteiger partial charge is 0.0819 e. The SMILES string of the molecule is BrC1(c2ccccc2)C=C(c2ccccc2)C=CC1. The van der Waals surface area contributed by atoms with Crippen LogP contribution in [0.4, 0.5) is 0 Å². The fourth-order valence-electron chi connectivity index (χ4n) is 2.44. The highest BCUT2D eigenvalue weighted by atomic mass is 79.9. The first-order valence-electron chi connectivity index (χ1n) is 6.47. The summed E-state index contributed by atoms with van der Waals surface area (Å²) in [7, 11) is 0. The molecular formula is C18H15Br. The summed E-state index contributed by atoms with van der Waals surface area (Å²) in [6, 6.07) is 21.1. The molecular weight excluding hydrogens is 296 g/mol. The van der Waals surface area contributed by atoms with Crippen molar-refractivity contribution in [3.63, 3.8) is 0 Å². The molecule has 0 bridgehead atoms. The van der Waals surface area contributed by atoms with Crippen molar-refractivity contribution in [3.8, 4) is 0 Å². The van der Waals surface area contributed by atoms with Gasteiger partial charge in [-0.3, -0.25) is 0 Å². The van der Waals surface area contributed by atoms with Crippen LogP contribution >= 0.6 is 15.9 Å².